The second-order valence-electron chi connectivity index (χ2n) is 6.75. The molecule has 1 aliphatic heterocycles. The van der Waals surface area contributed by atoms with Crippen LogP contribution in [0.1, 0.15) is 31.4 Å². The summed E-state index contributed by atoms with van der Waals surface area (Å²) >= 11 is 0. The highest BCUT2D eigenvalue weighted by Crippen LogP contribution is 2.31. The first-order valence-corrected chi connectivity index (χ1v) is 10.5. The summed E-state index contributed by atoms with van der Waals surface area (Å²) in [6.45, 7) is 5.57. The molecule has 0 saturated carbocycles. The highest BCUT2D eigenvalue weighted by Gasteiger charge is 2.24. The molecule has 0 aromatic heterocycles. The number of rotatable bonds is 5. The Bertz CT molecular complexity index is 1050. The van der Waals surface area contributed by atoms with Gasteiger partial charge in [-0.15, -0.1) is 0 Å². The predicted octanol–water partition coefficient (Wildman–Crippen LogP) is 3.05. The number of anilines is 3. The summed E-state index contributed by atoms with van der Waals surface area (Å²) in [6, 6.07) is 9.87. The van der Waals surface area contributed by atoms with E-state index < -0.39 is 10.0 Å². The summed E-state index contributed by atoms with van der Waals surface area (Å²) in [6.07, 6.45) is 1.01. The Kier molecular flexibility index (Phi) is 5.42. The van der Waals surface area contributed by atoms with E-state index in [1.807, 2.05) is 6.92 Å². The number of hydrogen-bond donors (Lipinski definition) is 2. The number of carbonyl (C=O) groups is 2. The molecule has 2 amide bonds. The molecule has 0 unspecified atom stereocenters. The lowest BCUT2D eigenvalue weighted by Crippen LogP contribution is -2.34. The highest BCUT2D eigenvalue weighted by atomic mass is 32.2. The van der Waals surface area contributed by atoms with E-state index in [-0.39, 0.29) is 16.7 Å². The maximum absolute atomic E-state index is 12.8. The van der Waals surface area contributed by atoms with Crippen LogP contribution >= 0.6 is 0 Å². The molecule has 0 radical (unpaired) electrons. The fourth-order valence-electron chi connectivity index (χ4n) is 3.41. The van der Waals surface area contributed by atoms with E-state index in [2.05, 4.69) is 10.0 Å². The first-order valence-electron chi connectivity index (χ1n) is 9.05. The number of carbonyl (C=O) groups excluding carboxylic acids is 2. The standard InChI is InChI=1S/C20H23N3O4S/c1-4-23-18-8-6-17(12-15(18)5-10-20(23)25)22-28(26,27)19-9-7-16(11-13(19)2)21-14(3)24/h6-9,11-12,22H,4-5,10H2,1-3H3,(H,21,24). The van der Waals surface area contributed by atoms with Gasteiger partial charge in [0.05, 0.1) is 4.90 Å². The molecule has 0 aliphatic carbocycles. The third-order valence-corrected chi connectivity index (χ3v) is 6.17. The van der Waals surface area contributed by atoms with Crippen LogP contribution in [0.5, 0.6) is 0 Å². The van der Waals surface area contributed by atoms with E-state index in [1.165, 1.54) is 13.0 Å². The number of sulfonamides is 1. The van der Waals surface area contributed by atoms with Crippen LogP contribution in [0.25, 0.3) is 0 Å². The smallest absolute Gasteiger partial charge is 0.262 e. The third-order valence-electron chi connectivity index (χ3n) is 4.63. The highest BCUT2D eigenvalue weighted by molar-refractivity contribution is 7.92. The molecule has 3 rings (SSSR count). The van der Waals surface area contributed by atoms with Gasteiger partial charge in [-0.3, -0.25) is 14.3 Å². The Morgan fingerprint density at radius 1 is 1.11 bits per heavy atom. The van der Waals surface area contributed by atoms with Crippen LogP contribution in [0.2, 0.25) is 0 Å². The van der Waals surface area contributed by atoms with Crippen LogP contribution in [0.15, 0.2) is 41.3 Å². The number of fused-ring (bicyclic) bond motifs is 1. The quantitative estimate of drug-likeness (QED) is 0.805. The van der Waals surface area contributed by atoms with Crippen molar-refractivity contribution in [3.8, 4) is 0 Å². The average molecular weight is 401 g/mol. The Balaban J connectivity index is 1.87. The summed E-state index contributed by atoms with van der Waals surface area (Å²) in [5.74, 6) is -0.139. The third kappa shape index (κ3) is 4.01. The maximum Gasteiger partial charge on any atom is 0.262 e. The summed E-state index contributed by atoms with van der Waals surface area (Å²) in [5.41, 5.74) is 3.30. The Morgan fingerprint density at radius 3 is 2.46 bits per heavy atom. The summed E-state index contributed by atoms with van der Waals surface area (Å²) in [4.78, 5) is 25.0. The molecule has 2 aromatic carbocycles. The van der Waals surface area contributed by atoms with Crippen molar-refractivity contribution >= 4 is 38.9 Å². The minimum Gasteiger partial charge on any atom is -0.326 e. The van der Waals surface area contributed by atoms with E-state index in [9.17, 15) is 18.0 Å². The van der Waals surface area contributed by atoms with Crippen molar-refractivity contribution in [3.05, 3.63) is 47.5 Å². The molecule has 1 aliphatic rings. The van der Waals surface area contributed by atoms with Gasteiger partial charge in [0.2, 0.25) is 11.8 Å². The number of hydrogen-bond acceptors (Lipinski definition) is 4. The first-order chi connectivity index (χ1) is 13.2. The van der Waals surface area contributed by atoms with Gasteiger partial charge >= 0.3 is 0 Å². The summed E-state index contributed by atoms with van der Waals surface area (Å²) < 4.78 is 28.3. The van der Waals surface area contributed by atoms with Crippen LogP contribution in [0, 0.1) is 6.92 Å². The van der Waals surface area contributed by atoms with Gasteiger partial charge in [0.1, 0.15) is 0 Å². The maximum atomic E-state index is 12.8. The number of benzene rings is 2. The van der Waals surface area contributed by atoms with Gasteiger partial charge < -0.3 is 10.2 Å². The summed E-state index contributed by atoms with van der Waals surface area (Å²) in [7, 11) is -3.79. The van der Waals surface area contributed by atoms with Gasteiger partial charge in [-0.05, 0) is 67.8 Å². The molecule has 0 atom stereocenters. The monoisotopic (exact) mass is 401 g/mol. The Hall–Kier alpha value is -2.87. The number of amides is 2. The van der Waals surface area contributed by atoms with Crippen molar-refractivity contribution in [2.45, 2.75) is 38.5 Å². The second kappa shape index (κ2) is 7.63. The van der Waals surface area contributed by atoms with Crippen molar-refractivity contribution < 1.29 is 18.0 Å². The van der Waals surface area contributed by atoms with Gasteiger partial charge in [-0.2, -0.15) is 0 Å². The Labute approximate surface area is 164 Å². The fourth-order valence-corrected chi connectivity index (χ4v) is 4.69. The predicted molar refractivity (Wildman–Crippen MR) is 109 cm³/mol. The zero-order chi connectivity index (χ0) is 20.5. The first kappa shape index (κ1) is 19.9. The lowest BCUT2D eigenvalue weighted by molar-refractivity contribution is -0.119. The normalized spacial score (nSPS) is 13.8. The van der Waals surface area contributed by atoms with Crippen molar-refractivity contribution in [2.75, 3.05) is 21.5 Å². The van der Waals surface area contributed by atoms with Crippen LogP contribution < -0.4 is 14.9 Å². The SMILES string of the molecule is CCN1C(=O)CCc2cc(NS(=O)(=O)c3ccc(NC(C)=O)cc3C)ccc21. The Morgan fingerprint density at radius 2 is 1.82 bits per heavy atom. The van der Waals surface area contributed by atoms with Crippen LogP contribution in [0.3, 0.4) is 0 Å². The van der Waals surface area contributed by atoms with E-state index in [0.717, 1.165) is 11.3 Å². The van der Waals surface area contributed by atoms with Crippen molar-refractivity contribution in [1.82, 2.24) is 0 Å². The molecule has 148 valence electrons. The molecule has 0 saturated heterocycles. The molecule has 1 heterocycles. The molecule has 0 spiro atoms. The van der Waals surface area contributed by atoms with Gasteiger partial charge in [0.15, 0.2) is 0 Å². The summed E-state index contributed by atoms with van der Waals surface area (Å²) in [5, 5.41) is 2.64. The van der Waals surface area contributed by atoms with Gasteiger partial charge in [-0.25, -0.2) is 8.42 Å². The van der Waals surface area contributed by atoms with E-state index in [0.29, 0.717) is 36.3 Å². The van der Waals surface area contributed by atoms with Gasteiger partial charge in [-0.1, -0.05) is 0 Å². The minimum atomic E-state index is -3.79. The lowest BCUT2D eigenvalue weighted by Gasteiger charge is -2.28. The second-order valence-corrected chi connectivity index (χ2v) is 8.40. The number of nitrogens with zero attached hydrogens (tertiary/aromatic N) is 1. The molecule has 7 nitrogen and oxygen atoms in total. The van der Waals surface area contributed by atoms with Crippen LogP contribution in [-0.2, 0) is 26.0 Å². The van der Waals surface area contributed by atoms with E-state index in [1.54, 1.807) is 42.2 Å². The van der Waals surface area contributed by atoms with Crippen LogP contribution in [-0.4, -0.2) is 26.8 Å². The number of aryl methyl sites for hydroxylation is 2. The van der Waals surface area contributed by atoms with Crippen molar-refractivity contribution in [3.63, 3.8) is 0 Å². The molecular formula is C20H23N3O4S. The number of nitrogens with one attached hydrogen (secondary N) is 2. The zero-order valence-electron chi connectivity index (χ0n) is 16.1. The lowest BCUT2D eigenvalue weighted by atomic mass is 10.0. The minimum absolute atomic E-state index is 0.0817. The van der Waals surface area contributed by atoms with E-state index in [4.69, 9.17) is 0 Å². The van der Waals surface area contributed by atoms with Crippen LogP contribution in [0.4, 0.5) is 17.1 Å². The largest absolute Gasteiger partial charge is 0.326 e. The molecule has 28 heavy (non-hydrogen) atoms. The molecule has 2 N–H and O–H groups in total. The van der Waals surface area contributed by atoms with Gasteiger partial charge in [0, 0.05) is 37.0 Å². The molecular weight excluding hydrogens is 378 g/mol. The van der Waals surface area contributed by atoms with E-state index >= 15 is 0 Å². The van der Waals surface area contributed by atoms with Crippen molar-refractivity contribution in [1.29, 1.82) is 0 Å². The molecule has 8 heteroatoms. The van der Waals surface area contributed by atoms with Gasteiger partial charge in [0.25, 0.3) is 10.0 Å². The molecule has 0 bridgehead atoms. The average Bonchev–Trinajstić information content (AvgIpc) is 2.60. The molecule has 2 aromatic rings. The van der Waals surface area contributed by atoms with Crippen molar-refractivity contribution in [2.24, 2.45) is 0 Å². The topological polar surface area (TPSA) is 95.6 Å². The molecule has 0 fully saturated rings. The zero-order valence-corrected chi connectivity index (χ0v) is 16.9. The fraction of sp³-hybridized carbons (Fsp3) is 0.300.